The van der Waals surface area contributed by atoms with Crippen LogP contribution in [0.15, 0.2) is 12.2 Å². The van der Waals surface area contributed by atoms with Crippen LogP contribution >= 0.6 is 0 Å². The van der Waals surface area contributed by atoms with Gasteiger partial charge in [-0.15, -0.1) is 0 Å². The SMILES string of the molecule is CC=CC(C)CC(=O)N1C2CC3(C)CC1CC(C#N)(C2)C3. The molecule has 1 amide bonds. The van der Waals surface area contributed by atoms with E-state index in [1.165, 1.54) is 0 Å². The van der Waals surface area contributed by atoms with Crippen molar-refractivity contribution in [1.29, 1.82) is 5.26 Å². The van der Waals surface area contributed by atoms with Crippen LogP contribution in [0.3, 0.4) is 0 Å². The van der Waals surface area contributed by atoms with E-state index in [0.29, 0.717) is 30.3 Å². The average Bonchev–Trinajstić information content (AvgIpc) is 2.36. The van der Waals surface area contributed by atoms with Crippen molar-refractivity contribution in [2.45, 2.75) is 71.4 Å². The molecule has 0 aromatic heterocycles. The first-order valence-electron chi connectivity index (χ1n) is 8.26. The summed E-state index contributed by atoms with van der Waals surface area (Å²) in [5, 5.41) is 9.62. The van der Waals surface area contributed by atoms with E-state index in [0.717, 1.165) is 32.1 Å². The first-order chi connectivity index (χ1) is 9.90. The molecule has 4 fully saturated rings. The zero-order valence-corrected chi connectivity index (χ0v) is 13.4. The fraction of sp³-hybridized carbons (Fsp3) is 0.778. The lowest BCUT2D eigenvalue weighted by Gasteiger charge is -2.63. The van der Waals surface area contributed by atoms with Crippen molar-refractivity contribution in [2.75, 3.05) is 0 Å². The van der Waals surface area contributed by atoms with Crippen molar-refractivity contribution in [3.63, 3.8) is 0 Å². The zero-order chi connectivity index (χ0) is 15.3. The summed E-state index contributed by atoms with van der Waals surface area (Å²) in [5.41, 5.74) is 0.138. The van der Waals surface area contributed by atoms with E-state index < -0.39 is 0 Å². The van der Waals surface area contributed by atoms with Crippen LogP contribution in [0, 0.1) is 28.1 Å². The maximum absolute atomic E-state index is 12.7. The van der Waals surface area contributed by atoms with E-state index in [1.807, 2.05) is 13.0 Å². The van der Waals surface area contributed by atoms with Gasteiger partial charge in [0.1, 0.15) is 0 Å². The largest absolute Gasteiger partial charge is 0.337 e. The lowest BCUT2D eigenvalue weighted by atomic mass is 9.50. The van der Waals surface area contributed by atoms with Crippen molar-refractivity contribution < 1.29 is 4.79 Å². The Morgan fingerprint density at radius 1 is 1.38 bits per heavy atom. The summed E-state index contributed by atoms with van der Waals surface area (Å²) >= 11 is 0. The van der Waals surface area contributed by atoms with Gasteiger partial charge in [-0.3, -0.25) is 4.79 Å². The van der Waals surface area contributed by atoms with E-state index >= 15 is 0 Å². The van der Waals surface area contributed by atoms with Crippen molar-refractivity contribution >= 4 is 5.91 Å². The molecule has 21 heavy (non-hydrogen) atoms. The monoisotopic (exact) mass is 286 g/mol. The number of nitrogens with zero attached hydrogens (tertiary/aromatic N) is 2. The lowest BCUT2D eigenvalue weighted by molar-refractivity contribution is -0.163. The summed E-state index contributed by atoms with van der Waals surface area (Å²) in [6.45, 7) is 6.43. The minimum atomic E-state index is -0.147. The van der Waals surface area contributed by atoms with Crippen LogP contribution in [0.5, 0.6) is 0 Å². The number of carbonyl (C=O) groups excluding carboxylic acids is 1. The highest BCUT2D eigenvalue weighted by Gasteiger charge is 2.60. The van der Waals surface area contributed by atoms with Crippen molar-refractivity contribution in [1.82, 2.24) is 4.90 Å². The molecule has 2 aliphatic carbocycles. The Morgan fingerprint density at radius 3 is 2.52 bits per heavy atom. The molecule has 4 aliphatic rings. The van der Waals surface area contributed by atoms with Crippen LogP contribution in [0.1, 0.15) is 59.3 Å². The summed E-state index contributed by atoms with van der Waals surface area (Å²) in [7, 11) is 0. The fourth-order valence-electron chi connectivity index (χ4n) is 5.46. The van der Waals surface area contributed by atoms with E-state index in [1.54, 1.807) is 0 Å². The first kappa shape index (κ1) is 14.6. The predicted octanol–water partition coefficient (Wildman–Crippen LogP) is 3.66. The molecule has 2 aliphatic heterocycles. The highest BCUT2D eigenvalue weighted by Crippen LogP contribution is 2.61. The molecule has 0 aromatic rings. The number of nitriles is 1. The Labute approximate surface area is 128 Å². The molecule has 4 rings (SSSR count). The molecule has 2 saturated carbocycles. The first-order valence-corrected chi connectivity index (χ1v) is 8.26. The Morgan fingerprint density at radius 2 is 2.00 bits per heavy atom. The summed E-state index contributed by atoms with van der Waals surface area (Å²) in [4.78, 5) is 14.9. The molecule has 2 saturated heterocycles. The summed E-state index contributed by atoms with van der Waals surface area (Å²) in [5.74, 6) is 0.603. The van der Waals surface area contributed by atoms with Gasteiger partial charge in [-0.25, -0.2) is 0 Å². The molecule has 0 radical (unpaired) electrons. The average molecular weight is 286 g/mol. The second-order valence-corrected chi connectivity index (χ2v) is 8.01. The van der Waals surface area contributed by atoms with E-state index in [4.69, 9.17) is 0 Å². The Bertz CT molecular complexity index is 500. The van der Waals surface area contributed by atoms with Gasteiger partial charge in [0.2, 0.25) is 5.91 Å². The molecular formula is C18H26N2O. The molecule has 0 N–H and O–H groups in total. The summed E-state index contributed by atoms with van der Waals surface area (Å²) in [6, 6.07) is 3.22. The molecule has 3 heteroatoms. The van der Waals surface area contributed by atoms with Gasteiger partial charge in [0.25, 0.3) is 0 Å². The van der Waals surface area contributed by atoms with Gasteiger partial charge < -0.3 is 4.90 Å². The van der Waals surface area contributed by atoms with Crippen molar-refractivity contribution in [3.05, 3.63) is 12.2 Å². The van der Waals surface area contributed by atoms with Crippen molar-refractivity contribution in [2.24, 2.45) is 16.7 Å². The van der Waals surface area contributed by atoms with Gasteiger partial charge in [0, 0.05) is 18.5 Å². The third-order valence-corrected chi connectivity index (χ3v) is 5.80. The van der Waals surface area contributed by atoms with Crippen LogP contribution < -0.4 is 0 Å². The predicted molar refractivity (Wildman–Crippen MR) is 82.3 cm³/mol. The van der Waals surface area contributed by atoms with Gasteiger partial charge >= 0.3 is 0 Å². The molecular weight excluding hydrogens is 260 g/mol. The zero-order valence-electron chi connectivity index (χ0n) is 13.4. The van der Waals surface area contributed by atoms with Gasteiger partial charge in [0.15, 0.2) is 0 Å². The normalized spacial score (nSPS) is 42.3. The Kier molecular flexibility index (Phi) is 3.39. The van der Waals surface area contributed by atoms with Crippen LogP contribution in [0.2, 0.25) is 0 Å². The Hall–Kier alpha value is -1.30. The second-order valence-electron chi connectivity index (χ2n) is 8.01. The molecule has 3 atom stereocenters. The number of carbonyl (C=O) groups is 1. The maximum atomic E-state index is 12.7. The number of hydrogen-bond acceptors (Lipinski definition) is 2. The van der Waals surface area contributed by atoms with Crippen LogP contribution in [-0.2, 0) is 4.79 Å². The fourth-order valence-corrected chi connectivity index (χ4v) is 5.46. The highest BCUT2D eigenvalue weighted by atomic mass is 16.2. The molecule has 3 nitrogen and oxygen atoms in total. The molecule has 4 bridgehead atoms. The van der Waals surface area contributed by atoms with Gasteiger partial charge in [0.05, 0.1) is 11.5 Å². The van der Waals surface area contributed by atoms with E-state index in [-0.39, 0.29) is 10.8 Å². The lowest BCUT2D eigenvalue weighted by Crippen LogP contribution is -2.65. The topological polar surface area (TPSA) is 44.1 Å². The number of rotatable bonds is 3. The number of piperidine rings is 2. The second kappa shape index (κ2) is 4.87. The van der Waals surface area contributed by atoms with E-state index in [9.17, 15) is 10.1 Å². The minimum absolute atomic E-state index is 0.147. The van der Waals surface area contributed by atoms with Gasteiger partial charge in [-0.05, 0) is 50.4 Å². The van der Waals surface area contributed by atoms with E-state index in [2.05, 4.69) is 30.9 Å². The standard InChI is InChI=1S/C18H26N2O/c1-4-5-13(2)6-16(21)20-14-7-17(3)8-15(20)10-18(9-14,11-17)12-19/h4-5,13-15H,6-11H2,1-3H3. The summed E-state index contributed by atoms with van der Waals surface area (Å²) in [6.07, 6.45) is 9.77. The van der Waals surface area contributed by atoms with Gasteiger partial charge in [-0.1, -0.05) is 26.0 Å². The maximum Gasteiger partial charge on any atom is 0.223 e. The minimum Gasteiger partial charge on any atom is -0.337 e. The number of amides is 1. The van der Waals surface area contributed by atoms with Crippen molar-refractivity contribution in [3.8, 4) is 6.07 Å². The highest BCUT2D eigenvalue weighted by molar-refractivity contribution is 5.78. The third-order valence-electron chi connectivity index (χ3n) is 5.80. The third kappa shape index (κ3) is 2.39. The van der Waals surface area contributed by atoms with Gasteiger partial charge in [-0.2, -0.15) is 5.26 Å². The Balaban J connectivity index is 1.78. The quantitative estimate of drug-likeness (QED) is 0.743. The number of hydrogen-bond donors (Lipinski definition) is 0. The van der Waals surface area contributed by atoms with Crippen LogP contribution in [-0.4, -0.2) is 22.9 Å². The molecule has 2 heterocycles. The number of allylic oxidation sites excluding steroid dienone is 2. The molecule has 3 unspecified atom stereocenters. The van der Waals surface area contributed by atoms with Crippen LogP contribution in [0.4, 0.5) is 0 Å². The molecule has 0 aromatic carbocycles. The van der Waals surface area contributed by atoms with Crippen LogP contribution in [0.25, 0.3) is 0 Å². The molecule has 0 spiro atoms. The molecule has 114 valence electrons. The summed E-state index contributed by atoms with van der Waals surface area (Å²) < 4.78 is 0. The smallest absolute Gasteiger partial charge is 0.223 e.